The summed E-state index contributed by atoms with van der Waals surface area (Å²) in [6.07, 6.45) is 0. The van der Waals surface area contributed by atoms with Gasteiger partial charge in [0.05, 0.1) is 5.56 Å². The number of benzene rings is 2. The first-order valence-corrected chi connectivity index (χ1v) is 7.71. The lowest BCUT2D eigenvalue weighted by atomic mass is 10.1. The van der Waals surface area contributed by atoms with Crippen molar-refractivity contribution in [3.63, 3.8) is 0 Å². The Morgan fingerprint density at radius 1 is 1.00 bits per heavy atom. The van der Waals surface area contributed by atoms with Crippen molar-refractivity contribution in [3.8, 4) is 0 Å². The fourth-order valence-electron chi connectivity index (χ4n) is 2.06. The molecular formula is C19H22N2O3. The number of carbonyl (C=O) groups is 2. The molecule has 3 N–H and O–H groups in total. The van der Waals surface area contributed by atoms with E-state index in [4.69, 9.17) is 10.5 Å². The van der Waals surface area contributed by atoms with Gasteiger partial charge in [0.15, 0.2) is 0 Å². The van der Waals surface area contributed by atoms with E-state index in [2.05, 4.69) is 5.32 Å². The Kier molecular flexibility index (Phi) is 5.36. The van der Waals surface area contributed by atoms with Crippen LogP contribution >= 0.6 is 0 Å². The molecule has 0 unspecified atom stereocenters. The van der Waals surface area contributed by atoms with Crippen molar-refractivity contribution < 1.29 is 14.3 Å². The maximum absolute atomic E-state index is 12.2. The molecule has 0 aliphatic carbocycles. The van der Waals surface area contributed by atoms with Crippen molar-refractivity contribution in [1.29, 1.82) is 0 Å². The van der Waals surface area contributed by atoms with Gasteiger partial charge in [0.2, 0.25) is 5.91 Å². The molecule has 5 heteroatoms. The van der Waals surface area contributed by atoms with Gasteiger partial charge in [-0.25, -0.2) is 4.79 Å². The number of rotatable bonds is 4. The Morgan fingerprint density at radius 3 is 2.12 bits per heavy atom. The van der Waals surface area contributed by atoms with Gasteiger partial charge in [-0.15, -0.1) is 0 Å². The first-order valence-electron chi connectivity index (χ1n) is 7.71. The summed E-state index contributed by atoms with van der Waals surface area (Å²) in [6.45, 7) is 5.43. The van der Waals surface area contributed by atoms with E-state index in [1.165, 1.54) is 0 Å². The van der Waals surface area contributed by atoms with Crippen molar-refractivity contribution in [2.45, 2.75) is 32.4 Å². The van der Waals surface area contributed by atoms with Crippen LogP contribution in [0.4, 0.5) is 5.69 Å². The molecule has 5 nitrogen and oxygen atoms in total. The highest BCUT2D eigenvalue weighted by Crippen LogP contribution is 2.17. The van der Waals surface area contributed by atoms with E-state index < -0.39 is 17.6 Å². The summed E-state index contributed by atoms with van der Waals surface area (Å²) in [5.41, 5.74) is 7.13. The Hall–Kier alpha value is -2.66. The second-order valence-electron chi connectivity index (χ2n) is 6.46. The van der Waals surface area contributed by atoms with Crippen LogP contribution in [0.15, 0.2) is 54.6 Å². The molecule has 0 fully saturated rings. The fraction of sp³-hybridized carbons (Fsp3) is 0.263. The van der Waals surface area contributed by atoms with Gasteiger partial charge in [0.25, 0.3) is 0 Å². The summed E-state index contributed by atoms with van der Waals surface area (Å²) in [7, 11) is 0. The summed E-state index contributed by atoms with van der Waals surface area (Å²) in [4.78, 5) is 24.1. The van der Waals surface area contributed by atoms with Gasteiger partial charge in [0.1, 0.15) is 11.6 Å². The molecule has 1 amide bonds. The lowest BCUT2D eigenvalue weighted by molar-refractivity contribution is -0.117. The first-order chi connectivity index (χ1) is 11.3. The molecular weight excluding hydrogens is 304 g/mol. The monoisotopic (exact) mass is 326 g/mol. The first kappa shape index (κ1) is 17.7. The SMILES string of the molecule is CC(C)(C)OC(=O)c1ccc(NC(=O)[C@@H](N)c2ccccc2)cc1. The lowest BCUT2D eigenvalue weighted by Gasteiger charge is -2.19. The third-order valence-electron chi connectivity index (χ3n) is 3.23. The number of nitrogens with one attached hydrogen (secondary N) is 1. The van der Waals surface area contributed by atoms with Crippen molar-refractivity contribution in [2.24, 2.45) is 5.73 Å². The zero-order valence-electron chi connectivity index (χ0n) is 14.1. The number of hydrogen-bond acceptors (Lipinski definition) is 4. The van der Waals surface area contributed by atoms with Crippen LogP contribution in [-0.4, -0.2) is 17.5 Å². The number of anilines is 1. The minimum absolute atomic E-state index is 0.314. The van der Waals surface area contributed by atoms with Crippen LogP contribution in [0, 0.1) is 0 Å². The van der Waals surface area contributed by atoms with Crippen LogP contribution in [0.25, 0.3) is 0 Å². The largest absolute Gasteiger partial charge is 0.456 e. The topological polar surface area (TPSA) is 81.4 Å². The van der Waals surface area contributed by atoms with Gasteiger partial charge < -0.3 is 15.8 Å². The molecule has 24 heavy (non-hydrogen) atoms. The van der Waals surface area contributed by atoms with E-state index in [0.717, 1.165) is 5.56 Å². The highest BCUT2D eigenvalue weighted by atomic mass is 16.6. The average Bonchev–Trinajstić information content (AvgIpc) is 2.54. The molecule has 2 aromatic rings. The van der Waals surface area contributed by atoms with Crippen LogP contribution < -0.4 is 11.1 Å². The molecule has 0 aromatic heterocycles. The number of ether oxygens (including phenoxy) is 1. The standard InChI is InChI=1S/C19H22N2O3/c1-19(2,3)24-18(23)14-9-11-15(12-10-14)21-17(22)16(20)13-7-5-4-6-8-13/h4-12,16H,20H2,1-3H3,(H,21,22)/t16-/m0/s1. The van der Waals surface area contributed by atoms with E-state index in [1.54, 1.807) is 36.4 Å². The second-order valence-corrected chi connectivity index (χ2v) is 6.46. The Balaban J connectivity index is 2.01. The molecule has 0 saturated heterocycles. The quantitative estimate of drug-likeness (QED) is 0.845. The Morgan fingerprint density at radius 2 is 1.58 bits per heavy atom. The fourth-order valence-corrected chi connectivity index (χ4v) is 2.06. The smallest absolute Gasteiger partial charge is 0.338 e. The van der Waals surface area contributed by atoms with Crippen molar-refractivity contribution in [3.05, 3.63) is 65.7 Å². The minimum atomic E-state index is -0.753. The summed E-state index contributed by atoms with van der Waals surface area (Å²) < 4.78 is 5.29. The van der Waals surface area contributed by atoms with Gasteiger partial charge in [-0.05, 0) is 50.6 Å². The molecule has 0 spiro atoms. The zero-order valence-corrected chi connectivity index (χ0v) is 14.1. The molecule has 0 aliphatic rings. The van der Waals surface area contributed by atoms with E-state index in [1.807, 2.05) is 39.0 Å². The van der Waals surface area contributed by atoms with Gasteiger partial charge in [-0.3, -0.25) is 4.79 Å². The maximum Gasteiger partial charge on any atom is 0.338 e. The predicted octanol–water partition coefficient (Wildman–Crippen LogP) is 3.28. The van der Waals surface area contributed by atoms with E-state index in [0.29, 0.717) is 11.3 Å². The average molecular weight is 326 g/mol. The van der Waals surface area contributed by atoms with Crippen molar-refractivity contribution >= 4 is 17.6 Å². The minimum Gasteiger partial charge on any atom is -0.456 e. The van der Waals surface area contributed by atoms with Gasteiger partial charge in [0, 0.05) is 5.69 Å². The Labute approximate surface area is 141 Å². The molecule has 0 heterocycles. The summed E-state index contributed by atoms with van der Waals surface area (Å²) >= 11 is 0. The van der Waals surface area contributed by atoms with E-state index >= 15 is 0 Å². The number of amides is 1. The van der Waals surface area contributed by atoms with Gasteiger partial charge in [-0.1, -0.05) is 30.3 Å². The number of carbonyl (C=O) groups excluding carboxylic acids is 2. The van der Waals surface area contributed by atoms with Crippen LogP contribution in [0.3, 0.4) is 0 Å². The molecule has 2 aromatic carbocycles. The third kappa shape index (κ3) is 4.93. The molecule has 0 aliphatic heterocycles. The van der Waals surface area contributed by atoms with E-state index in [-0.39, 0.29) is 5.91 Å². The number of hydrogen-bond donors (Lipinski definition) is 2. The highest BCUT2D eigenvalue weighted by molar-refractivity contribution is 5.96. The second kappa shape index (κ2) is 7.27. The van der Waals surface area contributed by atoms with Crippen molar-refractivity contribution in [2.75, 3.05) is 5.32 Å². The summed E-state index contributed by atoms with van der Waals surface area (Å²) in [6, 6.07) is 14.9. The molecule has 0 saturated carbocycles. The summed E-state index contributed by atoms with van der Waals surface area (Å²) in [5.74, 6) is -0.715. The number of esters is 1. The highest BCUT2D eigenvalue weighted by Gasteiger charge is 2.18. The zero-order chi connectivity index (χ0) is 17.7. The normalized spacial score (nSPS) is 12.3. The molecule has 126 valence electrons. The van der Waals surface area contributed by atoms with Crippen LogP contribution in [0.2, 0.25) is 0 Å². The van der Waals surface area contributed by atoms with Crippen LogP contribution in [0.5, 0.6) is 0 Å². The van der Waals surface area contributed by atoms with Crippen molar-refractivity contribution in [1.82, 2.24) is 0 Å². The lowest BCUT2D eigenvalue weighted by Crippen LogP contribution is -2.27. The summed E-state index contributed by atoms with van der Waals surface area (Å²) in [5, 5.41) is 2.74. The molecule has 1 atom stereocenters. The maximum atomic E-state index is 12.2. The molecule has 0 radical (unpaired) electrons. The molecule has 2 rings (SSSR count). The van der Waals surface area contributed by atoms with Gasteiger partial charge >= 0.3 is 5.97 Å². The Bertz CT molecular complexity index is 704. The molecule has 0 bridgehead atoms. The van der Waals surface area contributed by atoms with Crippen LogP contribution in [-0.2, 0) is 9.53 Å². The van der Waals surface area contributed by atoms with E-state index in [9.17, 15) is 9.59 Å². The third-order valence-corrected chi connectivity index (χ3v) is 3.23. The van der Waals surface area contributed by atoms with Crippen LogP contribution in [0.1, 0.15) is 42.7 Å². The van der Waals surface area contributed by atoms with Gasteiger partial charge in [-0.2, -0.15) is 0 Å². The number of nitrogens with two attached hydrogens (primary N) is 1. The predicted molar refractivity (Wildman–Crippen MR) is 93.6 cm³/mol.